The van der Waals surface area contributed by atoms with Crippen molar-refractivity contribution in [2.75, 3.05) is 57.4 Å². The number of aromatic nitrogens is 3. The first kappa shape index (κ1) is 25.9. The highest BCUT2D eigenvalue weighted by Crippen LogP contribution is 2.37. The molecule has 11 heteroatoms. The molecule has 6 fully saturated rings. The van der Waals surface area contributed by atoms with Crippen LogP contribution < -0.4 is 15.0 Å². The molecule has 6 saturated heterocycles. The summed E-state index contributed by atoms with van der Waals surface area (Å²) in [6, 6.07) is 9.44. The summed E-state index contributed by atoms with van der Waals surface area (Å²) < 4.78 is 13.7. The smallest absolute Gasteiger partial charge is 0.226 e. The predicted octanol–water partition coefficient (Wildman–Crippen LogP) is 1.91. The van der Waals surface area contributed by atoms with E-state index in [1.54, 1.807) is 10.7 Å². The van der Waals surface area contributed by atoms with E-state index >= 15 is 0 Å². The highest BCUT2D eigenvalue weighted by atomic mass is 16.5. The highest BCUT2D eigenvalue weighted by Gasteiger charge is 2.48. The second-order valence-corrected chi connectivity index (χ2v) is 12.4. The number of fused-ring (bicyclic) bond motifs is 5. The number of nitrogens with one attached hydrogen (secondary N) is 1. The third-order valence-corrected chi connectivity index (χ3v) is 9.89. The maximum Gasteiger partial charge on any atom is 0.226 e. The molecule has 4 bridgehead atoms. The van der Waals surface area contributed by atoms with Crippen molar-refractivity contribution in [2.24, 2.45) is 5.92 Å². The van der Waals surface area contributed by atoms with E-state index in [9.17, 15) is 10.1 Å². The lowest BCUT2D eigenvalue weighted by molar-refractivity contribution is -0.151. The molecular weight excluding hydrogens is 532 g/mol. The molecule has 9 rings (SSSR count). The van der Waals surface area contributed by atoms with Crippen molar-refractivity contribution in [2.45, 2.75) is 49.9 Å². The number of nitriles is 1. The van der Waals surface area contributed by atoms with E-state index in [1.165, 1.54) is 0 Å². The predicted molar refractivity (Wildman–Crippen MR) is 155 cm³/mol. The van der Waals surface area contributed by atoms with Gasteiger partial charge in [0.15, 0.2) is 0 Å². The molecule has 0 spiro atoms. The Hall–Kier alpha value is -3.72. The molecule has 0 saturated carbocycles. The standard InChI is InChI=1S/C31H36N8O3/c32-12-22-14-35-38-18-27(41-8-7-36-17-26-10-25(36)19-42-26)11-28(30(22)38)21-1-2-29(34-13-21)37-15-23-9-24(16-37)39(23)31(40)20-3-5-33-6-4-20/h1-2,11,13-14,18,20,23-26,33H,3-10,15-17,19H2/t23?,24?,25-,26?/m1/s1. The molecule has 6 aliphatic heterocycles. The minimum atomic E-state index is 0.170. The first-order chi connectivity index (χ1) is 20.6. The zero-order valence-electron chi connectivity index (χ0n) is 23.7. The Labute approximate surface area is 245 Å². The largest absolute Gasteiger partial charge is 0.491 e. The number of amides is 1. The molecule has 218 valence electrons. The van der Waals surface area contributed by atoms with Gasteiger partial charge in [-0.2, -0.15) is 10.4 Å². The molecule has 6 aliphatic rings. The number of carbonyl (C=O) groups excluding carboxylic acids is 1. The number of ether oxygens (including phenoxy) is 2. The summed E-state index contributed by atoms with van der Waals surface area (Å²) in [5.41, 5.74) is 3.04. The Bertz CT molecular complexity index is 1520. The fourth-order valence-corrected chi connectivity index (χ4v) is 7.68. The maximum atomic E-state index is 13.2. The monoisotopic (exact) mass is 568 g/mol. The van der Waals surface area contributed by atoms with E-state index in [2.05, 4.69) is 43.3 Å². The number of likely N-dealkylation sites (tertiary alicyclic amines) is 1. The van der Waals surface area contributed by atoms with Crippen LogP contribution in [0.4, 0.5) is 5.82 Å². The lowest BCUT2D eigenvalue weighted by Crippen LogP contribution is -2.71. The summed E-state index contributed by atoms with van der Waals surface area (Å²) >= 11 is 0. The van der Waals surface area contributed by atoms with Gasteiger partial charge in [0, 0.05) is 55.5 Å². The Morgan fingerprint density at radius 3 is 2.69 bits per heavy atom. The van der Waals surface area contributed by atoms with E-state index in [1.807, 2.05) is 18.5 Å². The van der Waals surface area contributed by atoms with Crippen molar-refractivity contribution in [3.05, 3.63) is 42.4 Å². The van der Waals surface area contributed by atoms with Crippen molar-refractivity contribution < 1.29 is 14.3 Å². The molecule has 0 aliphatic carbocycles. The molecule has 3 aromatic heterocycles. The van der Waals surface area contributed by atoms with Gasteiger partial charge in [-0.05, 0) is 57.0 Å². The summed E-state index contributed by atoms with van der Waals surface area (Å²) in [6.07, 6.45) is 9.79. The second-order valence-electron chi connectivity index (χ2n) is 12.4. The highest BCUT2D eigenvalue weighted by molar-refractivity contribution is 5.85. The molecule has 1 amide bonds. The van der Waals surface area contributed by atoms with E-state index in [4.69, 9.17) is 14.5 Å². The molecule has 11 nitrogen and oxygen atoms in total. The summed E-state index contributed by atoms with van der Waals surface area (Å²) in [5.74, 6) is 2.15. The summed E-state index contributed by atoms with van der Waals surface area (Å²) in [7, 11) is 0. The van der Waals surface area contributed by atoms with Crippen LogP contribution in [0.15, 0.2) is 36.8 Å². The zero-order valence-corrected chi connectivity index (χ0v) is 23.7. The van der Waals surface area contributed by atoms with Crippen LogP contribution >= 0.6 is 0 Å². The van der Waals surface area contributed by atoms with Crippen molar-refractivity contribution in [1.29, 1.82) is 5.26 Å². The number of nitrogens with zero attached hydrogens (tertiary/aromatic N) is 7. The van der Waals surface area contributed by atoms with Gasteiger partial charge in [-0.3, -0.25) is 9.69 Å². The molecule has 0 radical (unpaired) electrons. The van der Waals surface area contributed by atoms with Crippen LogP contribution in [-0.4, -0.2) is 107 Å². The third kappa shape index (κ3) is 4.49. The van der Waals surface area contributed by atoms with Crippen molar-refractivity contribution in [3.63, 3.8) is 0 Å². The van der Waals surface area contributed by atoms with Crippen molar-refractivity contribution >= 4 is 17.2 Å². The average molecular weight is 569 g/mol. The number of piperazine rings is 1. The number of pyridine rings is 2. The van der Waals surface area contributed by atoms with Gasteiger partial charge in [0.05, 0.1) is 48.3 Å². The number of carbonyl (C=O) groups is 1. The molecule has 3 aromatic rings. The van der Waals surface area contributed by atoms with E-state index in [0.717, 1.165) is 94.0 Å². The van der Waals surface area contributed by atoms with Crippen LogP contribution in [0.5, 0.6) is 5.75 Å². The van der Waals surface area contributed by atoms with Crippen molar-refractivity contribution in [3.8, 4) is 22.9 Å². The molecular formula is C31H36N8O3. The maximum absolute atomic E-state index is 13.2. The fourth-order valence-electron chi connectivity index (χ4n) is 7.68. The number of piperidine rings is 2. The molecule has 1 N–H and O–H groups in total. The Morgan fingerprint density at radius 1 is 1.12 bits per heavy atom. The van der Waals surface area contributed by atoms with Gasteiger partial charge in [-0.15, -0.1) is 0 Å². The third-order valence-electron chi connectivity index (χ3n) is 9.89. The van der Waals surface area contributed by atoms with Gasteiger partial charge >= 0.3 is 0 Å². The lowest BCUT2D eigenvalue weighted by atomic mass is 9.84. The first-order valence-corrected chi connectivity index (χ1v) is 15.3. The van der Waals surface area contributed by atoms with Gasteiger partial charge < -0.3 is 24.6 Å². The van der Waals surface area contributed by atoms with E-state index in [-0.39, 0.29) is 18.0 Å². The Kier molecular flexibility index (Phi) is 6.50. The SMILES string of the molecule is N#Cc1cnn2cc(OCCN3CC4C[C@@H]3CO4)cc(-c3ccc(N4CC5CC(C4)N5C(=O)C4CCNCC4)nc3)c12. The Balaban J connectivity index is 0.975. The fraction of sp³-hybridized carbons (Fsp3) is 0.548. The quantitative estimate of drug-likeness (QED) is 0.457. The summed E-state index contributed by atoms with van der Waals surface area (Å²) in [6.45, 7) is 6.74. The topological polar surface area (TPSA) is 111 Å². The number of rotatable bonds is 7. The van der Waals surface area contributed by atoms with Gasteiger partial charge in [0.25, 0.3) is 0 Å². The average Bonchev–Trinajstić information content (AvgIpc) is 3.77. The number of morpholine rings is 1. The van der Waals surface area contributed by atoms with Crippen LogP contribution in [0, 0.1) is 17.2 Å². The van der Waals surface area contributed by atoms with E-state index < -0.39 is 0 Å². The molecule has 4 atom stereocenters. The molecule has 42 heavy (non-hydrogen) atoms. The normalized spacial score (nSPS) is 27.3. The minimum Gasteiger partial charge on any atom is -0.491 e. The summed E-state index contributed by atoms with van der Waals surface area (Å²) in [5, 5.41) is 17.6. The van der Waals surface area contributed by atoms with Gasteiger partial charge in [-0.1, -0.05) is 0 Å². The van der Waals surface area contributed by atoms with Gasteiger partial charge in [0.1, 0.15) is 24.2 Å². The minimum absolute atomic E-state index is 0.170. The van der Waals surface area contributed by atoms with Gasteiger partial charge in [-0.25, -0.2) is 9.50 Å². The van der Waals surface area contributed by atoms with Crippen LogP contribution in [0.25, 0.3) is 16.6 Å². The van der Waals surface area contributed by atoms with E-state index in [0.29, 0.717) is 36.0 Å². The number of hydrogen-bond acceptors (Lipinski definition) is 9. The number of hydrogen-bond donors (Lipinski definition) is 1. The van der Waals surface area contributed by atoms with Crippen molar-refractivity contribution in [1.82, 2.24) is 29.7 Å². The molecule has 9 heterocycles. The van der Waals surface area contributed by atoms with Crippen LogP contribution in [-0.2, 0) is 9.53 Å². The zero-order chi connectivity index (χ0) is 28.2. The summed E-state index contributed by atoms with van der Waals surface area (Å²) in [4.78, 5) is 24.9. The van der Waals surface area contributed by atoms with Crippen LogP contribution in [0.3, 0.4) is 0 Å². The Morgan fingerprint density at radius 2 is 1.98 bits per heavy atom. The first-order valence-electron chi connectivity index (χ1n) is 15.3. The second kappa shape index (κ2) is 10.5. The van der Waals surface area contributed by atoms with Gasteiger partial charge in [0.2, 0.25) is 5.91 Å². The van der Waals surface area contributed by atoms with Crippen LogP contribution in [0.1, 0.15) is 31.2 Å². The molecule has 0 aromatic carbocycles. The number of anilines is 1. The molecule has 3 unspecified atom stereocenters. The lowest BCUT2D eigenvalue weighted by Gasteiger charge is -2.57. The van der Waals surface area contributed by atoms with Crippen LogP contribution in [0.2, 0.25) is 0 Å².